The Morgan fingerprint density at radius 1 is 1.24 bits per heavy atom. The van der Waals surface area contributed by atoms with Gasteiger partial charge in [-0.1, -0.05) is 6.07 Å². The van der Waals surface area contributed by atoms with E-state index in [4.69, 9.17) is 5.11 Å². The van der Waals surface area contributed by atoms with Gasteiger partial charge in [-0.25, -0.2) is 8.78 Å². The van der Waals surface area contributed by atoms with Gasteiger partial charge in [0.15, 0.2) is 0 Å². The number of halogens is 2. The van der Waals surface area contributed by atoms with Crippen LogP contribution in [0.4, 0.5) is 14.5 Å². The largest absolute Gasteiger partial charge is 0.480 e. The molecule has 0 aliphatic heterocycles. The van der Waals surface area contributed by atoms with Crippen molar-refractivity contribution >= 4 is 17.6 Å². The number of carbonyl (C=O) groups is 2. The summed E-state index contributed by atoms with van der Waals surface area (Å²) < 4.78 is 26.8. The van der Waals surface area contributed by atoms with Gasteiger partial charge >= 0.3 is 5.97 Å². The highest BCUT2D eigenvalue weighted by Gasteiger charge is 2.26. The standard InChI is InChI=1S/C14H16F2N2O3/c15-10-2-1-3-11(16)14(10)17-12(19)7-18(8-13(20)21)6-9-4-5-9/h1-3,9H,4-8H2,(H,17,19)(H,20,21). The predicted octanol–water partition coefficient (Wildman–Crippen LogP) is 1.70. The highest BCUT2D eigenvalue weighted by Crippen LogP contribution is 2.29. The molecule has 0 heterocycles. The molecule has 0 unspecified atom stereocenters. The maximum atomic E-state index is 13.4. The fourth-order valence-electron chi connectivity index (χ4n) is 2.04. The number of amides is 1. The summed E-state index contributed by atoms with van der Waals surface area (Å²) in [5, 5.41) is 11.0. The molecule has 0 bridgehead atoms. The van der Waals surface area contributed by atoms with E-state index in [-0.39, 0.29) is 13.1 Å². The minimum absolute atomic E-state index is 0.212. The number of hydrogen-bond donors (Lipinski definition) is 2. The fraction of sp³-hybridized carbons (Fsp3) is 0.429. The van der Waals surface area contributed by atoms with Crippen LogP contribution in [0.1, 0.15) is 12.8 Å². The molecule has 1 aliphatic carbocycles. The van der Waals surface area contributed by atoms with Crippen molar-refractivity contribution in [3.63, 3.8) is 0 Å². The Labute approximate surface area is 120 Å². The van der Waals surface area contributed by atoms with Crippen molar-refractivity contribution in [3.05, 3.63) is 29.8 Å². The molecular weight excluding hydrogens is 282 g/mol. The van der Waals surface area contributed by atoms with Crippen molar-refractivity contribution < 1.29 is 23.5 Å². The molecule has 0 spiro atoms. The van der Waals surface area contributed by atoms with Gasteiger partial charge in [0.05, 0.1) is 13.1 Å². The zero-order valence-corrected chi connectivity index (χ0v) is 11.3. The van der Waals surface area contributed by atoms with Gasteiger partial charge in [0.1, 0.15) is 17.3 Å². The minimum atomic E-state index is -1.04. The van der Waals surface area contributed by atoms with Crippen LogP contribution < -0.4 is 5.32 Å². The van der Waals surface area contributed by atoms with Gasteiger partial charge in [-0.2, -0.15) is 0 Å². The van der Waals surface area contributed by atoms with E-state index in [9.17, 15) is 18.4 Å². The number of nitrogens with zero attached hydrogens (tertiary/aromatic N) is 1. The van der Waals surface area contributed by atoms with Gasteiger partial charge in [0.25, 0.3) is 0 Å². The van der Waals surface area contributed by atoms with Crippen LogP contribution in [0.25, 0.3) is 0 Å². The molecule has 5 nitrogen and oxygen atoms in total. The van der Waals surface area contributed by atoms with E-state index in [0.29, 0.717) is 12.5 Å². The van der Waals surface area contributed by atoms with Crippen molar-refractivity contribution in [2.75, 3.05) is 25.0 Å². The van der Waals surface area contributed by atoms with Crippen LogP contribution in [0.5, 0.6) is 0 Å². The van der Waals surface area contributed by atoms with Crippen LogP contribution >= 0.6 is 0 Å². The van der Waals surface area contributed by atoms with E-state index in [2.05, 4.69) is 5.32 Å². The van der Waals surface area contributed by atoms with Gasteiger partial charge < -0.3 is 10.4 Å². The first-order valence-corrected chi connectivity index (χ1v) is 6.63. The second-order valence-corrected chi connectivity index (χ2v) is 5.15. The van der Waals surface area contributed by atoms with E-state index in [1.807, 2.05) is 0 Å². The Kier molecular flexibility index (Phi) is 4.85. The second-order valence-electron chi connectivity index (χ2n) is 5.15. The van der Waals surface area contributed by atoms with Crippen LogP contribution in [0.3, 0.4) is 0 Å². The lowest BCUT2D eigenvalue weighted by Gasteiger charge is -2.19. The lowest BCUT2D eigenvalue weighted by molar-refractivity contribution is -0.138. The molecule has 1 aromatic rings. The Morgan fingerprint density at radius 3 is 2.38 bits per heavy atom. The molecule has 114 valence electrons. The third kappa shape index (κ3) is 4.78. The van der Waals surface area contributed by atoms with Crippen LogP contribution in [-0.4, -0.2) is 41.5 Å². The van der Waals surface area contributed by atoms with Gasteiger partial charge in [0, 0.05) is 6.54 Å². The summed E-state index contributed by atoms with van der Waals surface area (Å²) in [7, 11) is 0. The second kappa shape index (κ2) is 6.62. The topological polar surface area (TPSA) is 69.6 Å². The maximum Gasteiger partial charge on any atom is 0.317 e. The molecule has 0 saturated heterocycles. The Bertz CT molecular complexity index is 527. The third-order valence-electron chi connectivity index (χ3n) is 3.17. The molecule has 0 aromatic heterocycles. The molecule has 21 heavy (non-hydrogen) atoms. The van der Waals surface area contributed by atoms with E-state index in [1.54, 1.807) is 0 Å². The number of nitrogens with one attached hydrogen (secondary N) is 1. The molecule has 0 atom stereocenters. The summed E-state index contributed by atoms with van der Waals surface area (Å²) in [6, 6.07) is 3.28. The molecule has 2 N–H and O–H groups in total. The molecule has 1 saturated carbocycles. The number of carboxylic acid groups (broad SMARTS) is 1. The van der Waals surface area contributed by atoms with Crippen molar-refractivity contribution in [3.8, 4) is 0 Å². The molecule has 1 amide bonds. The number of benzene rings is 1. The Hall–Kier alpha value is -2.02. The number of hydrogen-bond acceptors (Lipinski definition) is 3. The number of aliphatic carboxylic acids is 1. The van der Waals surface area contributed by atoms with Crippen LogP contribution in [0, 0.1) is 17.6 Å². The van der Waals surface area contributed by atoms with Gasteiger partial charge in [-0.3, -0.25) is 14.5 Å². The molecule has 0 radical (unpaired) electrons. The minimum Gasteiger partial charge on any atom is -0.480 e. The molecule has 7 heteroatoms. The number of anilines is 1. The number of carbonyl (C=O) groups excluding carboxylic acids is 1. The van der Waals surface area contributed by atoms with Crippen molar-refractivity contribution in [2.45, 2.75) is 12.8 Å². The lowest BCUT2D eigenvalue weighted by atomic mass is 10.3. The maximum absolute atomic E-state index is 13.4. The van der Waals surface area contributed by atoms with E-state index in [0.717, 1.165) is 25.0 Å². The first-order valence-electron chi connectivity index (χ1n) is 6.63. The van der Waals surface area contributed by atoms with Crippen LogP contribution in [0.2, 0.25) is 0 Å². The molecule has 1 aromatic carbocycles. The highest BCUT2D eigenvalue weighted by atomic mass is 19.1. The average Bonchev–Trinajstić information content (AvgIpc) is 3.17. The summed E-state index contributed by atoms with van der Waals surface area (Å²) in [5.41, 5.74) is -0.510. The summed E-state index contributed by atoms with van der Waals surface area (Å²) in [4.78, 5) is 24.1. The average molecular weight is 298 g/mol. The summed E-state index contributed by atoms with van der Waals surface area (Å²) in [5.74, 6) is -3.01. The smallest absolute Gasteiger partial charge is 0.317 e. The van der Waals surface area contributed by atoms with Crippen molar-refractivity contribution in [1.82, 2.24) is 4.90 Å². The first-order chi connectivity index (χ1) is 9.95. The van der Waals surface area contributed by atoms with Crippen molar-refractivity contribution in [1.29, 1.82) is 0 Å². The summed E-state index contributed by atoms with van der Waals surface area (Å²) in [6.07, 6.45) is 2.03. The summed E-state index contributed by atoms with van der Waals surface area (Å²) in [6.45, 7) is 0.0136. The number of carboxylic acids is 1. The molecule has 2 rings (SSSR count). The van der Waals surface area contributed by atoms with E-state index in [1.165, 1.54) is 11.0 Å². The number of rotatable bonds is 7. The quantitative estimate of drug-likeness (QED) is 0.804. The van der Waals surface area contributed by atoms with Crippen LogP contribution in [0.15, 0.2) is 18.2 Å². The predicted molar refractivity (Wildman–Crippen MR) is 71.8 cm³/mol. The summed E-state index contributed by atoms with van der Waals surface area (Å²) >= 11 is 0. The van der Waals surface area contributed by atoms with Gasteiger partial charge in [-0.05, 0) is 30.9 Å². The van der Waals surface area contributed by atoms with Crippen molar-refractivity contribution in [2.24, 2.45) is 5.92 Å². The molecular formula is C14H16F2N2O3. The monoisotopic (exact) mass is 298 g/mol. The highest BCUT2D eigenvalue weighted by molar-refractivity contribution is 5.92. The number of para-hydroxylation sites is 1. The fourth-order valence-corrected chi connectivity index (χ4v) is 2.04. The zero-order chi connectivity index (χ0) is 15.4. The molecule has 1 fully saturated rings. The first kappa shape index (κ1) is 15.4. The Balaban J connectivity index is 1.96. The van der Waals surface area contributed by atoms with Gasteiger partial charge in [-0.15, -0.1) is 0 Å². The lowest BCUT2D eigenvalue weighted by Crippen LogP contribution is -2.38. The van der Waals surface area contributed by atoms with Gasteiger partial charge in [0.2, 0.25) is 5.91 Å². The van der Waals surface area contributed by atoms with E-state index < -0.39 is 29.2 Å². The van der Waals surface area contributed by atoms with Crippen LogP contribution in [-0.2, 0) is 9.59 Å². The Morgan fingerprint density at radius 2 is 1.86 bits per heavy atom. The normalized spacial score (nSPS) is 14.2. The third-order valence-corrected chi connectivity index (χ3v) is 3.17. The SMILES string of the molecule is O=C(O)CN(CC(=O)Nc1c(F)cccc1F)CC1CC1. The molecule has 1 aliphatic rings. The zero-order valence-electron chi connectivity index (χ0n) is 11.3. The van der Waals surface area contributed by atoms with E-state index >= 15 is 0 Å².